The Hall–Kier alpha value is -2.21. The minimum atomic E-state index is -0.524. The van der Waals surface area contributed by atoms with Gasteiger partial charge in [-0.3, -0.25) is 4.98 Å². The van der Waals surface area contributed by atoms with Crippen molar-refractivity contribution in [3.05, 3.63) is 41.3 Å². The van der Waals surface area contributed by atoms with E-state index in [4.69, 9.17) is 0 Å². The van der Waals surface area contributed by atoms with E-state index in [2.05, 4.69) is 25.6 Å². The Morgan fingerprint density at radius 3 is 2.64 bits per heavy atom. The summed E-state index contributed by atoms with van der Waals surface area (Å²) in [5.74, 6) is 1.49. The van der Waals surface area contributed by atoms with Crippen molar-refractivity contribution in [3.8, 4) is 0 Å². The van der Waals surface area contributed by atoms with Crippen molar-refractivity contribution in [2.24, 2.45) is 0 Å². The third kappa shape index (κ3) is 4.66. The molecule has 0 radical (unpaired) electrons. The second kappa shape index (κ2) is 7.35. The van der Waals surface area contributed by atoms with E-state index in [1.54, 1.807) is 6.20 Å². The first-order valence-corrected chi connectivity index (χ1v) is 8.91. The van der Waals surface area contributed by atoms with Gasteiger partial charge in [0.2, 0.25) is 5.95 Å². The maximum Gasteiger partial charge on any atom is 0.225 e. The molecule has 0 aromatic carbocycles. The lowest BCUT2D eigenvalue weighted by Gasteiger charge is -2.34. The molecule has 0 unspecified atom stereocenters. The van der Waals surface area contributed by atoms with Crippen LogP contribution in [0.15, 0.2) is 24.4 Å². The first-order valence-electron chi connectivity index (χ1n) is 8.91. The summed E-state index contributed by atoms with van der Waals surface area (Å²) in [5.41, 5.74) is 2.46. The van der Waals surface area contributed by atoms with Gasteiger partial charge in [-0.05, 0) is 58.6 Å². The van der Waals surface area contributed by atoms with E-state index in [1.807, 2.05) is 39.0 Å². The zero-order chi connectivity index (χ0) is 17.9. The number of aryl methyl sites for hydroxylation is 1. The van der Waals surface area contributed by atoms with Gasteiger partial charge < -0.3 is 15.7 Å². The maximum atomic E-state index is 10.1. The van der Waals surface area contributed by atoms with Gasteiger partial charge in [0, 0.05) is 23.5 Å². The van der Waals surface area contributed by atoms with Crippen molar-refractivity contribution in [3.63, 3.8) is 0 Å². The summed E-state index contributed by atoms with van der Waals surface area (Å²) < 4.78 is 0. The number of anilines is 2. The minimum absolute atomic E-state index is 0.344. The molecular weight excluding hydrogens is 314 g/mol. The SMILES string of the molecule is Cc1nc(NCc2ccccn2)nc(N[C@H]2CC[C@@](C)(O)CC2)c1C. The van der Waals surface area contributed by atoms with Crippen molar-refractivity contribution in [1.82, 2.24) is 15.0 Å². The molecule has 6 heteroatoms. The van der Waals surface area contributed by atoms with Crippen LogP contribution in [0.3, 0.4) is 0 Å². The molecule has 0 saturated heterocycles. The van der Waals surface area contributed by atoms with E-state index >= 15 is 0 Å². The highest BCUT2D eigenvalue weighted by Crippen LogP contribution is 2.30. The Balaban J connectivity index is 1.68. The number of pyridine rings is 1. The maximum absolute atomic E-state index is 10.1. The van der Waals surface area contributed by atoms with Crippen LogP contribution in [-0.4, -0.2) is 31.7 Å². The van der Waals surface area contributed by atoms with Gasteiger partial charge in [0.1, 0.15) is 5.82 Å². The number of nitrogens with zero attached hydrogens (tertiary/aromatic N) is 3. The lowest BCUT2D eigenvalue weighted by molar-refractivity contribution is 0.0196. The minimum Gasteiger partial charge on any atom is -0.390 e. The molecular formula is C19H27N5O. The topological polar surface area (TPSA) is 83.0 Å². The zero-order valence-electron chi connectivity index (χ0n) is 15.2. The molecule has 2 aromatic rings. The molecule has 134 valence electrons. The summed E-state index contributed by atoms with van der Waals surface area (Å²) in [6, 6.07) is 6.19. The Morgan fingerprint density at radius 1 is 1.20 bits per heavy atom. The van der Waals surface area contributed by atoms with Gasteiger partial charge in [-0.25, -0.2) is 4.98 Å². The zero-order valence-corrected chi connectivity index (χ0v) is 15.2. The molecule has 0 atom stereocenters. The molecule has 0 aliphatic heterocycles. The molecule has 0 spiro atoms. The highest BCUT2D eigenvalue weighted by molar-refractivity contribution is 5.50. The standard InChI is InChI=1S/C19H27N5O/c1-13-14(2)22-18(21-12-16-6-4-5-11-20-16)24-17(13)23-15-7-9-19(3,25)10-8-15/h4-6,11,15,25H,7-10,12H2,1-3H3,(H2,21,22,23,24)/t15-,19+. The number of hydrogen-bond acceptors (Lipinski definition) is 6. The van der Waals surface area contributed by atoms with Crippen LogP contribution in [0.2, 0.25) is 0 Å². The Kier molecular flexibility index (Phi) is 5.18. The molecule has 6 nitrogen and oxygen atoms in total. The van der Waals surface area contributed by atoms with Gasteiger partial charge in [0.15, 0.2) is 0 Å². The first-order chi connectivity index (χ1) is 11.9. The second-order valence-corrected chi connectivity index (χ2v) is 7.20. The largest absolute Gasteiger partial charge is 0.390 e. The molecule has 0 bridgehead atoms. The van der Waals surface area contributed by atoms with Gasteiger partial charge in [-0.1, -0.05) is 6.07 Å². The number of nitrogens with one attached hydrogen (secondary N) is 2. The number of hydrogen-bond donors (Lipinski definition) is 3. The van der Waals surface area contributed by atoms with E-state index < -0.39 is 5.60 Å². The van der Waals surface area contributed by atoms with Crippen LogP contribution in [0.5, 0.6) is 0 Å². The van der Waals surface area contributed by atoms with Crippen LogP contribution in [0.25, 0.3) is 0 Å². The van der Waals surface area contributed by atoms with Crippen molar-refractivity contribution in [2.45, 2.75) is 64.6 Å². The molecule has 3 rings (SSSR count). The lowest BCUT2D eigenvalue weighted by atomic mass is 9.83. The fourth-order valence-corrected chi connectivity index (χ4v) is 3.10. The number of aromatic nitrogens is 3. The fourth-order valence-electron chi connectivity index (χ4n) is 3.10. The first kappa shape index (κ1) is 17.6. The van der Waals surface area contributed by atoms with E-state index in [0.29, 0.717) is 18.5 Å². The van der Waals surface area contributed by atoms with Crippen LogP contribution in [-0.2, 0) is 6.54 Å². The van der Waals surface area contributed by atoms with Crippen molar-refractivity contribution < 1.29 is 5.11 Å². The van der Waals surface area contributed by atoms with Crippen molar-refractivity contribution >= 4 is 11.8 Å². The molecule has 1 saturated carbocycles. The van der Waals surface area contributed by atoms with Crippen LogP contribution in [0.4, 0.5) is 11.8 Å². The highest BCUT2D eigenvalue weighted by atomic mass is 16.3. The van der Waals surface area contributed by atoms with Crippen molar-refractivity contribution in [2.75, 3.05) is 10.6 Å². The molecule has 1 fully saturated rings. The summed E-state index contributed by atoms with van der Waals surface area (Å²) in [4.78, 5) is 13.5. The predicted molar refractivity (Wildman–Crippen MR) is 99.6 cm³/mol. The molecule has 1 aliphatic carbocycles. The molecule has 1 aliphatic rings. The third-order valence-electron chi connectivity index (χ3n) is 4.95. The van der Waals surface area contributed by atoms with Crippen LogP contribution >= 0.6 is 0 Å². The van der Waals surface area contributed by atoms with Gasteiger partial charge >= 0.3 is 0 Å². The normalized spacial score (nSPS) is 23.3. The van der Waals surface area contributed by atoms with Crippen LogP contribution < -0.4 is 10.6 Å². The average molecular weight is 341 g/mol. The van der Waals surface area contributed by atoms with Crippen LogP contribution in [0, 0.1) is 13.8 Å². The quantitative estimate of drug-likeness (QED) is 0.774. The molecule has 3 N–H and O–H groups in total. The van der Waals surface area contributed by atoms with Gasteiger partial charge in [-0.15, -0.1) is 0 Å². The summed E-state index contributed by atoms with van der Waals surface area (Å²) in [7, 11) is 0. The van der Waals surface area contributed by atoms with E-state index in [-0.39, 0.29) is 0 Å². The van der Waals surface area contributed by atoms with E-state index in [0.717, 1.165) is 48.5 Å². The molecule has 25 heavy (non-hydrogen) atoms. The van der Waals surface area contributed by atoms with Gasteiger partial charge in [0.25, 0.3) is 0 Å². The molecule has 0 amide bonds. The Morgan fingerprint density at radius 2 is 1.96 bits per heavy atom. The predicted octanol–water partition coefficient (Wildman–Crippen LogP) is 3.21. The highest BCUT2D eigenvalue weighted by Gasteiger charge is 2.29. The lowest BCUT2D eigenvalue weighted by Crippen LogP contribution is -2.36. The average Bonchev–Trinajstić information content (AvgIpc) is 2.60. The van der Waals surface area contributed by atoms with Gasteiger partial charge in [0.05, 0.1) is 17.8 Å². The Labute approximate surface area is 149 Å². The van der Waals surface area contributed by atoms with Crippen molar-refractivity contribution in [1.29, 1.82) is 0 Å². The second-order valence-electron chi connectivity index (χ2n) is 7.20. The summed E-state index contributed by atoms with van der Waals surface area (Å²) in [6.07, 6.45) is 5.32. The smallest absolute Gasteiger partial charge is 0.225 e. The molecule has 2 heterocycles. The van der Waals surface area contributed by atoms with Gasteiger partial charge in [-0.2, -0.15) is 4.98 Å². The number of rotatable bonds is 5. The monoisotopic (exact) mass is 341 g/mol. The third-order valence-corrected chi connectivity index (χ3v) is 4.95. The Bertz CT molecular complexity index is 707. The summed E-state index contributed by atoms with van der Waals surface area (Å²) >= 11 is 0. The van der Waals surface area contributed by atoms with E-state index in [1.165, 1.54) is 0 Å². The fraction of sp³-hybridized carbons (Fsp3) is 0.526. The van der Waals surface area contributed by atoms with E-state index in [9.17, 15) is 5.11 Å². The molecule has 2 aromatic heterocycles. The van der Waals surface area contributed by atoms with Crippen LogP contribution in [0.1, 0.15) is 49.6 Å². The number of aliphatic hydroxyl groups is 1. The summed E-state index contributed by atoms with van der Waals surface area (Å²) in [6.45, 7) is 6.55. The summed E-state index contributed by atoms with van der Waals surface area (Å²) in [5, 5.41) is 16.9.